The number of nitrogens with zero attached hydrogens (tertiary/aromatic N) is 3. The zero-order valence-corrected chi connectivity index (χ0v) is 9.53. The van der Waals surface area contributed by atoms with Crippen LogP contribution in [0.15, 0.2) is 49.2 Å². The lowest BCUT2D eigenvalue weighted by molar-refractivity contribution is 0.163. The van der Waals surface area contributed by atoms with Gasteiger partial charge in [0.1, 0.15) is 5.69 Å². The molecule has 1 aromatic heterocycles. The number of hydrogen-bond acceptors (Lipinski definition) is 3. The van der Waals surface area contributed by atoms with Gasteiger partial charge in [-0.15, -0.1) is 6.58 Å². The minimum absolute atomic E-state index is 0.578. The minimum Gasteiger partial charge on any atom is -0.387 e. The molecule has 4 heteroatoms. The second-order valence-electron chi connectivity index (χ2n) is 3.78. The molecule has 0 saturated carbocycles. The van der Waals surface area contributed by atoms with E-state index in [-0.39, 0.29) is 0 Å². The molecular formula is C13H15N3O. The van der Waals surface area contributed by atoms with Crippen molar-refractivity contribution in [1.29, 1.82) is 0 Å². The lowest BCUT2D eigenvalue weighted by Crippen LogP contribution is -2.01. The molecule has 0 aliphatic heterocycles. The summed E-state index contributed by atoms with van der Waals surface area (Å²) in [6, 6.07) is 9.62. The maximum atomic E-state index is 9.85. The topological polar surface area (TPSA) is 50.9 Å². The van der Waals surface area contributed by atoms with Crippen LogP contribution in [-0.4, -0.2) is 20.1 Å². The number of para-hydroxylation sites is 1. The van der Waals surface area contributed by atoms with E-state index >= 15 is 0 Å². The van der Waals surface area contributed by atoms with Crippen LogP contribution in [0.25, 0.3) is 5.69 Å². The van der Waals surface area contributed by atoms with Gasteiger partial charge >= 0.3 is 0 Å². The van der Waals surface area contributed by atoms with Gasteiger partial charge in [-0.2, -0.15) is 15.0 Å². The molecule has 1 N–H and O–H groups in total. The summed E-state index contributed by atoms with van der Waals surface area (Å²) < 4.78 is 0. The first kappa shape index (κ1) is 11.5. The summed E-state index contributed by atoms with van der Waals surface area (Å²) in [6.07, 6.45) is 4.19. The number of aromatic nitrogens is 3. The van der Waals surface area contributed by atoms with Crippen LogP contribution in [0, 0.1) is 0 Å². The van der Waals surface area contributed by atoms with Crippen LogP contribution < -0.4 is 0 Å². The Labute approximate surface area is 100 Å². The highest BCUT2D eigenvalue weighted by atomic mass is 16.3. The monoisotopic (exact) mass is 229 g/mol. The van der Waals surface area contributed by atoms with E-state index in [9.17, 15) is 5.11 Å². The number of rotatable bonds is 5. The summed E-state index contributed by atoms with van der Waals surface area (Å²) >= 11 is 0. The quantitative estimate of drug-likeness (QED) is 0.800. The number of benzene rings is 1. The largest absolute Gasteiger partial charge is 0.387 e. The maximum Gasteiger partial charge on any atom is 0.112 e. The van der Waals surface area contributed by atoms with Crippen molar-refractivity contribution in [3.8, 4) is 5.69 Å². The van der Waals surface area contributed by atoms with E-state index in [1.54, 1.807) is 12.3 Å². The van der Waals surface area contributed by atoms with E-state index in [0.29, 0.717) is 12.1 Å². The van der Waals surface area contributed by atoms with Gasteiger partial charge in [-0.25, -0.2) is 0 Å². The Bertz CT molecular complexity index is 478. The highest BCUT2D eigenvalue weighted by molar-refractivity contribution is 5.28. The van der Waals surface area contributed by atoms with Gasteiger partial charge < -0.3 is 5.11 Å². The molecule has 1 atom stereocenters. The van der Waals surface area contributed by atoms with E-state index in [0.717, 1.165) is 12.1 Å². The molecule has 0 aliphatic rings. The Kier molecular flexibility index (Phi) is 3.67. The van der Waals surface area contributed by atoms with Crippen molar-refractivity contribution in [3.63, 3.8) is 0 Å². The van der Waals surface area contributed by atoms with Gasteiger partial charge in [0, 0.05) is 0 Å². The summed E-state index contributed by atoms with van der Waals surface area (Å²) in [7, 11) is 0. The van der Waals surface area contributed by atoms with Crippen molar-refractivity contribution in [2.45, 2.75) is 18.9 Å². The molecule has 4 nitrogen and oxygen atoms in total. The zero-order chi connectivity index (χ0) is 12.1. The van der Waals surface area contributed by atoms with Gasteiger partial charge in [-0.3, -0.25) is 0 Å². The molecule has 17 heavy (non-hydrogen) atoms. The van der Waals surface area contributed by atoms with Crippen molar-refractivity contribution in [2.75, 3.05) is 0 Å². The Morgan fingerprint density at radius 1 is 1.35 bits per heavy atom. The fourth-order valence-corrected chi connectivity index (χ4v) is 1.54. The van der Waals surface area contributed by atoms with Gasteiger partial charge in [-0.1, -0.05) is 24.3 Å². The third kappa shape index (κ3) is 2.79. The van der Waals surface area contributed by atoms with E-state index in [1.165, 1.54) is 4.80 Å². The Morgan fingerprint density at radius 3 is 2.82 bits per heavy atom. The third-order valence-electron chi connectivity index (χ3n) is 2.48. The molecule has 0 aliphatic carbocycles. The van der Waals surface area contributed by atoms with Gasteiger partial charge in [0.15, 0.2) is 0 Å². The molecule has 1 unspecified atom stereocenters. The highest BCUT2D eigenvalue weighted by Gasteiger charge is 2.11. The van der Waals surface area contributed by atoms with E-state index < -0.39 is 6.10 Å². The first-order chi connectivity index (χ1) is 8.31. The van der Waals surface area contributed by atoms with Crippen LogP contribution >= 0.6 is 0 Å². The van der Waals surface area contributed by atoms with Crippen molar-refractivity contribution >= 4 is 0 Å². The fraction of sp³-hybridized carbons (Fsp3) is 0.231. The lowest BCUT2D eigenvalue weighted by atomic mass is 10.1. The Hall–Kier alpha value is -1.94. The maximum absolute atomic E-state index is 9.85. The molecule has 0 amide bonds. The molecule has 0 spiro atoms. The summed E-state index contributed by atoms with van der Waals surface area (Å²) in [5, 5.41) is 18.2. The van der Waals surface area contributed by atoms with Crippen molar-refractivity contribution in [2.24, 2.45) is 0 Å². The third-order valence-corrected chi connectivity index (χ3v) is 2.48. The van der Waals surface area contributed by atoms with Crippen LogP contribution in [0.1, 0.15) is 24.6 Å². The summed E-state index contributed by atoms with van der Waals surface area (Å²) in [4.78, 5) is 1.52. The molecule has 1 heterocycles. The number of hydrogen-bond donors (Lipinski definition) is 1. The van der Waals surface area contributed by atoms with Gasteiger partial charge in [-0.05, 0) is 25.0 Å². The number of allylic oxidation sites excluding steroid dienone is 1. The average Bonchev–Trinajstić information content (AvgIpc) is 2.86. The predicted molar refractivity (Wildman–Crippen MR) is 65.7 cm³/mol. The van der Waals surface area contributed by atoms with Crippen LogP contribution in [0.5, 0.6) is 0 Å². The summed E-state index contributed by atoms with van der Waals surface area (Å²) in [6.45, 7) is 3.63. The Morgan fingerprint density at radius 2 is 2.12 bits per heavy atom. The van der Waals surface area contributed by atoms with Gasteiger partial charge in [0.2, 0.25) is 0 Å². The highest BCUT2D eigenvalue weighted by Crippen LogP contribution is 2.16. The van der Waals surface area contributed by atoms with E-state index in [1.807, 2.05) is 30.3 Å². The standard InChI is InChI=1S/C13H15N3O/c1-2-3-9-13(17)12-10-14-16(15-12)11-7-5-4-6-8-11/h2,4-8,10,13,17H,1,3,9H2. The number of aliphatic hydroxyl groups excluding tert-OH is 1. The van der Waals surface area contributed by atoms with Crippen molar-refractivity contribution in [3.05, 3.63) is 54.9 Å². The van der Waals surface area contributed by atoms with Crippen molar-refractivity contribution in [1.82, 2.24) is 15.0 Å². The van der Waals surface area contributed by atoms with E-state index in [2.05, 4.69) is 16.8 Å². The second kappa shape index (κ2) is 5.41. The fourth-order valence-electron chi connectivity index (χ4n) is 1.54. The van der Waals surface area contributed by atoms with E-state index in [4.69, 9.17) is 0 Å². The molecule has 0 bridgehead atoms. The van der Waals surface area contributed by atoms with Gasteiger partial charge in [0.05, 0.1) is 18.0 Å². The molecule has 0 fully saturated rings. The molecule has 88 valence electrons. The van der Waals surface area contributed by atoms with Crippen LogP contribution in [0.2, 0.25) is 0 Å². The van der Waals surface area contributed by atoms with Crippen LogP contribution in [0.3, 0.4) is 0 Å². The summed E-state index contributed by atoms with van der Waals surface area (Å²) in [5.41, 5.74) is 1.48. The molecular weight excluding hydrogens is 214 g/mol. The van der Waals surface area contributed by atoms with Gasteiger partial charge in [0.25, 0.3) is 0 Å². The average molecular weight is 229 g/mol. The molecule has 0 radical (unpaired) electrons. The first-order valence-corrected chi connectivity index (χ1v) is 5.58. The first-order valence-electron chi connectivity index (χ1n) is 5.58. The normalized spacial score (nSPS) is 12.3. The zero-order valence-electron chi connectivity index (χ0n) is 9.53. The lowest BCUT2D eigenvalue weighted by Gasteiger charge is -2.04. The molecule has 2 aromatic rings. The van der Waals surface area contributed by atoms with Crippen LogP contribution in [-0.2, 0) is 0 Å². The van der Waals surface area contributed by atoms with Crippen LogP contribution in [0.4, 0.5) is 0 Å². The predicted octanol–water partition coefficient (Wildman–Crippen LogP) is 2.27. The molecule has 0 saturated heterocycles. The molecule has 1 aromatic carbocycles. The van der Waals surface area contributed by atoms with Crippen molar-refractivity contribution < 1.29 is 5.11 Å². The number of aliphatic hydroxyl groups is 1. The Balaban J connectivity index is 2.13. The molecule has 2 rings (SSSR count). The second-order valence-corrected chi connectivity index (χ2v) is 3.78. The smallest absolute Gasteiger partial charge is 0.112 e. The SMILES string of the molecule is C=CCCC(O)c1cnn(-c2ccccc2)n1. The summed E-state index contributed by atoms with van der Waals surface area (Å²) in [5.74, 6) is 0. The minimum atomic E-state index is -0.578.